The lowest BCUT2D eigenvalue weighted by Crippen LogP contribution is -2.22. The zero-order valence-corrected chi connectivity index (χ0v) is 17.3. The number of esters is 1. The van der Waals surface area contributed by atoms with Crippen molar-refractivity contribution in [1.82, 2.24) is 4.31 Å². The van der Waals surface area contributed by atoms with Crippen molar-refractivity contribution >= 4 is 27.6 Å². The molecule has 0 saturated heterocycles. The molecule has 2 aromatic carbocycles. The lowest BCUT2D eigenvalue weighted by Gasteiger charge is -2.13. The Balaban J connectivity index is 2.01. The summed E-state index contributed by atoms with van der Waals surface area (Å²) in [5.74, 6) is -0.415. The highest BCUT2D eigenvalue weighted by Crippen LogP contribution is 2.28. The van der Waals surface area contributed by atoms with Crippen LogP contribution in [-0.4, -0.2) is 59.5 Å². The number of anilines is 1. The molecular weight excluding hydrogens is 400 g/mol. The van der Waals surface area contributed by atoms with Gasteiger partial charge in [0, 0.05) is 19.8 Å². The number of amides is 1. The van der Waals surface area contributed by atoms with Crippen LogP contribution in [-0.2, 0) is 19.6 Å². The SMILES string of the molecule is COC(=O)c1ccc(OCC(=O)Nc2ccc(S(=O)(=O)N(C)C)cc2)c(OC)c1. The zero-order chi connectivity index (χ0) is 21.6. The van der Waals surface area contributed by atoms with E-state index in [1.54, 1.807) is 0 Å². The number of ether oxygens (including phenoxy) is 3. The highest BCUT2D eigenvalue weighted by atomic mass is 32.2. The second-order valence-electron chi connectivity index (χ2n) is 6.01. The minimum Gasteiger partial charge on any atom is -0.493 e. The van der Waals surface area contributed by atoms with E-state index in [4.69, 9.17) is 9.47 Å². The van der Waals surface area contributed by atoms with Gasteiger partial charge in [0.2, 0.25) is 10.0 Å². The Bertz CT molecular complexity index is 986. The number of nitrogens with one attached hydrogen (secondary N) is 1. The van der Waals surface area contributed by atoms with Gasteiger partial charge in [0.15, 0.2) is 18.1 Å². The van der Waals surface area contributed by atoms with Crippen molar-refractivity contribution in [2.45, 2.75) is 4.90 Å². The van der Waals surface area contributed by atoms with Gasteiger partial charge in [-0.25, -0.2) is 17.5 Å². The largest absolute Gasteiger partial charge is 0.493 e. The third kappa shape index (κ3) is 5.46. The molecule has 0 aromatic heterocycles. The van der Waals surface area contributed by atoms with Crippen LogP contribution in [0, 0.1) is 0 Å². The number of carbonyl (C=O) groups is 2. The zero-order valence-electron chi connectivity index (χ0n) is 16.5. The first-order valence-electron chi connectivity index (χ1n) is 8.40. The van der Waals surface area contributed by atoms with E-state index >= 15 is 0 Å². The van der Waals surface area contributed by atoms with Crippen LogP contribution in [0.25, 0.3) is 0 Å². The number of hydrogen-bond acceptors (Lipinski definition) is 7. The lowest BCUT2D eigenvalue weighted by molar-refractivity contribution is -0.118. The standard InChI is InChI=1S/C19H22N2O7S/c1-21(2)29(24,25)15-8-6-14(7-9-15)20-18(22)12-28-16-10-5-13(19(23)27-4)11-17(16)26-3/h5-11H,12H2,1-4H3,(H,20,22). The van der Waals surface area contributed by atoms with Gasteiger partial charge in [-0.05, 0) is 42.5 Å². The molecule has 0 aliphatic carbocycles. The normalized spacial score (nSPS) is 11.1. The van der Waals surface area contributed by atoms with Crippen LogP contribution in [0.15, 0.2) is 47.4 Å². The van der Waals surface area contributed by atoms with Gasteiger partial charge in [-0.2, -0.15) is 0 Å². The quantitative estimate of drug-likeness (QED) is 0.645. The van der Waals surface area contributed by atoms with Crippen LogP contribution in [0.3, 0.4) is 0 Å². The number of rotatable bonds is 8. The molecule has 0 radical (unpaired) electrons. The third-order valence-electron chi connectivity index (χ3n) is 3.86. The van der Waals surface area contributed by atoms with E-state index < -0.39 is 21.9 Å². The fourth-order valence-corrected chi connectivity index (χ4v) is 3.19. The third-order valence-corrected chi connectivity index (χ3v) is 5.69. The molecule has 0 aliphatic heterocycles. The summed E-state index contributed by atoms with van der Waals surface area (Å²) in [6.45, 7) is -0.314. The fourth-order valence-electron chi connectivity index (χ4n) is 2.29. The van der Waals surface area contributed by atoms with Crippen molar-refractivity contribution in [2.75, 3.05) is 40.2 Å². The summed E-state index contributed by atoms with van der Waals surface area (Å²) in [5.41, 5.74) is 0.707. The number of sulfonamides is 1. The van der Waals surface area contributed by atoms with Crippen molar-refractivity contribution < 1.29 is 32.2 Å². The first-order valence-corrected chi connectivity index (χ1v) is 9.84. The average Bonchev–Trinajstić information content (AvgIpc) is 2.71. The smallest absolute Gasteiger partial charge is 0.337 e. The van der Waals surface area contributed by atoms with Crippen LogP contribution in [0.5, 0.6) is 11.5 Å². The van der Waals surface area contributed by atoms with Crippen LogP contribution >= 0.6 is 0 Å². The van der Waals surface area contributed by atoms with Crippen molar-refractivity contribution in [3.63, 3.8) is 0 Å². The molecule has 1 amide bonds. The predicted molar refractivity (Wildman–Crippen MR) is 106 cm³/mol. The van der Waals surface area contributed by atoms with E-state index in [-0.39, 0.29) is 28.6 Å². The molecule has 0 aliphatic rings. The van der Waals surface area contributed by atoms with Crippen molar-refractivity contribution in [3.8, 4) is 11.5 Å². The Kier molecular flexibility index (Phi) is 7.18. The molecule has 0 heterocycles. The molecule has 1 N–H and O–H groups in total. The highest BCUT2D eigenvalue weighted by Gasteiger charge is 2.17. The molecule has 0 atom stereocenters. The van der Waals surface area contributed by atoms with Crippen molar-refractivity contribution in [2.24, 2.45) is 0 Å². The van der Waals surface area contributed by atoms with Gasteiger partial charge in [0.1, 0.15) is 0 Å². The maximum Gasteiger partial charge on any atom is 0.337 e. The predicted octanol–water partition coefficient (Wildman–Crippen LogP) is 1.75. The molecular formula is C19H22N2O7S. The van der Waals surface area contributed by atoms with E-state index in [9.17, 15) is 18.0 Å². The Morgan fingerprint density at radius 1 is 1.00 bits per heavy atom. The Morgan fingerprint density at radius 3 is 2.21 bits per heavy atom. The van der Waals surface area contributed by atoms with E-state index in [2.05, 4.69) is 10.1 Å². The number of nitrogens with zero attached hydrogens (tertiary/aromatic N) is 1. The lowest BCUT2D eigenvalue weighted by atomic mass is 10.2. The Morgan fingerprint density at radius 2 is 1.66 bits per heavy atom. The summed E-state index contributed by atoms with van der Waals surface area (Å²) in [4.78, 5) is 23.8. The number of hydrogen-bond donors (Lipinski definition) is 1. The average molecular weight is 422 g/mol. The maximum atomic E-state index is 12.1. The van der Waals surface area contributed by atoms with Gasteiger partial charge in [-0.3, -0.25) is 4.79 Å². The van der Waals surface area contributed by atoms with Crippen molar-refractivity contribution in [1.29, 1.82) is 0 Å². The minimum absolute atomic E-state index is 0.118. The summed E-state index contributed by atoms with van der Waals surface area (Å²) in [7, 11) is 2.02. The molecule has 9 nitrogen and oxygen atoms in total. The molecule has 10 heteroatoms. The van der Waals surface area contributed by atoms with Crippen LogP contribution in [0.1, 0.15) is 10.4 Å². The van der Waals surface area contributed by atoms with Crippen LogP contribution < -0.4 is 14.8 Å². The summed E-state index contributed by atoms with van der Waals surface area (Å²) >= 11 is 0. The van der Waals surface area contributed by atoms with Crippen LogP contribution in [0.4, 0.5) is 5.69 Å². The van der Waals surface area contributed by atoms with E-state index in [0.717, 1.165) is 4.31 Å². The number of carbonyl (C=O) groups excluding carboxylic acids is 2. The molecule has 156 valence electrons. The van der Waals surface area contributed by atoms with Gasteiger partial charge in [0.25, 0.3) is 5.91 Å². The monoisotopic (exact) mass is 422 g/mol. The van der Waals surface area contributed by atoms with Crippen LogP contribution in [0.2, 0.25) is 0 Å². The highest BCUT2D eigenvalue weighted by molar-refractivity contribution is 7.89. The van der Waals surface area contributed by atoms with Gasteiger partial charge in [0.05, 0.1) is 24.7 Å². The first-order chi connectivity index (χ1) is 13.7. The summed E-state index contributed by atoms with van der Waals surface area (Å²) in [6, 6.07) is 10.2. The second-order valence-corrected chi connectivity index (χ2v) is 8.16. The molecule has 2 rings (SSSR count). The van der Waals surface area contributed by atoms with E-state index in [0.29, 0.717) is 5.69 Å². The summed E-state index contributed by atoms with van der Waals surface area (Å²) < 4.78 is 40.5. The maximum absolute atomic E-state index is 12.1. The Labute approximate surface area is 169 Å². The second kappa shape index (κ2) is 9.39. The summed E-state index contributed by atoms with van der Waals surface area (Å²) in [6.07, 6.45) is 0. The van der Waals surface area contributed by atoms with E-state index in [1.165, 1.54) is 70.8 Å². The first kappa shape index (κ1) is 22.2. The molecule has 0 bridgehead atoms. The van der Waals surface area contributed by atoms with Gasteiger partial charge in [-0.15, -0.1) is 0 Å². The molecule has 2 aromatic rings. The molecule has 0 spiro atoms. The molecule has 0 saturated carbocycles. The van der Waals surface area contributed by atoms with Gasteiger partial charge < -0.3 is 19.5 Å². The molecule has 0 unspecified atom stereocenters. The van der Waals surface area contributed by atoms with E-state index in [1.807, 2.05) is 0 Å². The fraction of sp³-hybridized carbons (Fsp3) is 0.263. The topological polar surface area (TPSA) is 111 Å². The van der Waals surface area contributed by atoms with Crippen molar-refractivity contribution in [3.05, 3.63) is 48.0 Å². The number of benzene rings is 2. The minimum atomic E-state index is -3.54. The number of methoxy groups -OCH3 is 2. The summed E-state index contributed by atoms with van der Waals surface area (Å²) in [5, 5.41) is 2.61. The molecule has 0 fully saturated rings. The molecule has 29 heavy (non-hydrogen) atoms. The van der Waals surface area contributed by atoms with Gasteiger partial charge in [-0.1, -0.05) is 0 Å². The van der Waals surface area contributed by atoms with Gasteiger partial charge >= 0.3 is 5.97 Å². The Hall–Kier alpha value is -3.11.